The third-order valence-corrected chi connectivity index (χ3v) is 3.74. The Balaban J connectivity index is 2.07. The molecule has 0 bridgehead atoms. The zero-order chi connectivity index (χ0) is 17.8. The van der Waals surface area contributed by atoms with E-state index in [1.807, 2.05) is 24.3 Å². The fraction of sp³-hybridized carbons (Fsp3) is 0.222. The minimum Gasteiger partial charge on any atom is -0.465 e. The Labute approximate surface area is 143 Å². The van der Waals surface area contributed by atoms with Crippen LogP contribution in [0.2, 0.25) is 0 Å². The average Bonchev–Trinajstić information content (AvgIpc) is 3.02. The first-order chi connectivity index (χ1) is 12.1. The van der Waals surface area contributed by atoms with Crippen LogP contribution in [0.1, 0.15) is 17.0 Å². The Kier molecular flexibility index (Phi) is 4.97. The highest BCUT2D eigenvalue weighted by molar-refractivity contribution is 5.93. The summed E-state index contributed by atoms with van der Waals surface area (Å²) in [6, 6.07) is 9.22. The summed E-state index contributed by atoms with van der Waals surface area (Å²) in [6.45, 7) is 0.373. The number of ether oxygens (including phenoxy) is 1. The van der Waals surface area contributed by atoms with Crippen LogP contribution in [0.5, 0.6) is 0 Å². The van der Waals surface area contributed by atoms with Gasteiger partial charge in [0.1, 0.15) is 18.0 Å². The predicted octanol–water partition coefficient (Wildman–Crippen LogP) is 2.90. The fourth-order valence-corrected chi connectivity index (χ4v) is 2.70. The predicted molar refractivity (Wildman–Crippen MR) is 90.9 cm³/mol. The molecule has 0 aliphatic rings. The lowest BCUT2D eigenvalue weighted by atomic mass is 10.0. The molecule has 1 aromatic carbocycles. The van der Waals surface area contributed by atoms with E-state index in [9.17, 15) is 9.90 Å². The summed E-state index contributed by atoms with van der Waals surface area (Å²) < 4.78 is 11.0. The Morgan fingerprint density at radius 1 is 1.32 bits per heavy atom. The molecule has 0 saturated carbocycles. The summed E-state index contributed by atoms with van der Waals surface area (Å²) in [5.74, 6) is 0.690. The topological polar surface area (TPSA) is 105 Å². The molecule has 3 rings (SSSR count). The highest BCUT2D eigenvalue weighted by atomic mass is 16.5. The van der Waals surface area contributed by atoms with Gasteiger partial charge in [0, 0.05) is 24.3 Å². The highest BCUT2D eigenvalue weighted by Crippen LogP contribution is 2.33. The van der Waals surface area contributed by atoms with Gasteiger partial charge in [0.25, 0.3) is 0 Å². The van der Waals surface area contributed by atoms with Crippen LogP contribution in [-0.2, 0) is 24.5 Å². The van der Waals surface area contributed by atoms with E-state index in [4.69, 9.17) is 14.3 Å². The second kappa shape index (κ2) is 7.33. The van der Waals surface area contributed by atoms with Crippen molar-refractivity contribution in [3.63, 3.8) is 0 Å². The number of rotatable bonds is 6. The van der Waals surface area contributed by atoms with Gasteiger partial charge in [0.2, 0.25) is 0 Å². The van der Waals surface area contributed by atoms with Gasteiger partial charge in [-0.1, -0.05) is 0 Å². The first-order valence-electron chi connectivity index (χ1n) is 7.68. The number of amides is 1. The number of methoxy groups -OCH3 is 1. The molecule has 2 heterocycles. The second-order valence-corrected chi connectivity index (χ2v) is 5.56. The molecule has 25 heavy (non-hydrogen) atoms. The summed E-state index contributed by atoms with van der Waals surface area (Å²) in [5.41, 5.74) is 3.67. The average molecular weight is 342 g/mol. The van der Waals surface area contributed by atoms with Crippen LogP contribution >= 0.6 is 0 Å². The molecule has 1 amide bonds. The van der Waals surface area contributed by atoms with Gasteiger partial charge in [0.05, 0.1) is 18.8 Å². The number of carboxylic acid groups (broad SMARTS) is 1. The molecule has 0 unspecified atom stereocenters. The number of nitrogens with zero attached hydrogens (tertiary/aromatic N) is 1. The standard InChI is InChI=1S/C18H18N2O5/c1-24-10-15-7-13-4-11(9-21)5-16(17(13)25-15)12-2-3-19-14(6-12)8-20-18(22)23/h2-7,20-21H,8-10H2,1H3,(H,22,23). The number of furan rings is 1. The summed E-state index contributed by atoms with van der Waals surface area (Å²) in [7, 11) is 1.60. The monoisotopic (exact) mass is 342 g/mol. The van der Waals surface area contributed by atoms with Gasteiger partial charge in [-0.05, 0) is 41.5 Å². The van der Waals surface area contributed by atoms with E-state index in [2.05, 4.69) is 10.3 Å². The van der Waals surface area contributed by atoms with Gasteiger partial charge in [-0.25, -0.2) is 4.79 Å². The maximum atomic E-state index is 10.7. The van der Waals surface area contributed by atoms with Gasteiger partial charge >= 0.3 is 6.09 Å². The molecular formula is C18H18N2O5. The Morgan fingerprint density at radius 3 is 2.88 bits per heavy atom. The third kappa shape index (κ3) is 3.78. The van der Waals surface area contributed by atoms with E-state index in [1.54, 1.807) is 19.4 Å². The van der Waals surface area contributed by atoms with Crippen LogP contribution in [0.4, 0.5) is 4.79 Å². The van der Waals surface area contributed by atoms with Crippen molar-refractivity contribution in [2.45, 2.75) is 19.8 Å². The van der Waals surface area contributed by atoms with E-state index in [1.165, 1.54) is 0 Å². The minimum atomic E-state index is -1.10. The molecule has 130 valence electrons. The van der Waals surface area contributed by atoms with Crippen molar-refractivity contribution in [3.8, 4) is 11.1 Å². The Bertz CT molecular complexity index is 904. The van der Waals surface area contributed by atoms with Crippen LogP contribution in [0, 0.1) is 0 Å². The Hall–Kier alpha value is -2.90. The molecule has 0 spiro atoms. The van der Waals surface area contributed by atoms with Crippen molar-refractivity contribution in [2.24, 2.45) is 0 Å². The molecular weight excluding hydrogens is 324 g/mol. The molecule has 0 radical (unpaired) electrons. The zero-order valence-electron chi connectivity index (χ0n) is 13.7. The molecule has 2 aromatic heterocycles. The number of nitrogens with one attached hydrogen (secondary N) is 1. The van der Waals surface area contributed by atoms with Gasteiger partial charge in [0.15, 0.2) is 0 Å². The molecule has 0 atom stereocenters. The number of aliphatic hydroxyl groups is 1. The SMILES string of the molecule is COCc1cc2cc(CO)cc(-c3ccnc(CNC(=O)O)c3)c2o1. The maximum absolute atomic E-state index is 10.7. The zero-order valence-corrected chi connectivity index (χ0v) is 13.7. The van der Waals surface area contributed by atoms with Crippen molar-refractivity contribution < 1.29 is 24.2 Å². The lowest BCUT2D eigenvalue weighted by Gasteiger charge is -2.08. The number of carbonyl (C=O) groups is 1. The molecule has 3 aromatic rings. The van der Waals surface area contributed by atoms with E-state index in [-0.39, 0.29) is 13.2 Å². The van der Waals surface area contributed by atoms with E-state index >= 15 is 0 Å². The van der Waals surface area contributed by atoms with Crippen LogP contribution in [0.3, 0.4) is 0 Å². The molecule has 7 heteroatoms. The first-order valence-corrected chi connectivity index (χ1v) is 7.68. The fourth-order valence-electron chi connectivity index (χ4n) is 2.70. The van der Waals surface area contributed by atoms with Crippen molar-refractivity contribution in [3.05, 3.63) is 53.5 Å². The third-order valence-electron chi connectivity index (χ3n) is 3.74. The quantitative estimate of drug-likeness (QED) is 0.636. The van der Waals surface area contributed by atoms with E-state index in [0.29, 0.717) is 23.6 Å². The lowest BCUT2D eigenvalue weighted by Crippen LogP contribution is -2.20. The number of pyridine rings is 1. The van der Waals surface area contributed by atoms with Crippen LogP contribution in [0.15, 0.2) is 40.9 Å². The lowest BCUT2D eigenvalue weighted by molar-refractivity contribution is 0.166. The number of aliphatic hydroxyl groups excluding tert-OH is 1. The van der Waals surface area contributed by atoms with Crippen LogP contribution in [-0.4, -0.2) is 28.4 Å². The van der Waals surface area contributed by atoms with Gasteiger partial charge in [-0.3, -0.25) is 4.98 Å². The van der Waals surface area contributed by atoms with Crippen LogP contribution < -0.4 is 5.32 Å². The molecule has 3 N–H and O–H groups in total. The van der Waals surface area contributed by atoms with Crippen molar-refractivity contribution >= 4 is 17.1 Å². The van der Waals surface area contributed by atoms with Crippen LogP contribution in [0.25, 0.3) is 22.1 Å². The molecule has 0 fully saturated rings. The second-order valence-electron chi connectivity index (χ2n) is 5.56. The number of fused-ring (bicyclic) bond motifs is 1. The van der Waals surface area contributed by atoms with Crippen molar-refractivity contribution in [1.29, 1.82) is 0 Å². The summed E-state index contributed by atoms with van der Waals surface area (Å²) in [5, 5.41) is 21.4. The van der Waals surface area contributed by atoms with E-state index in [0.717, 1.165) is 22.1 Å². The number of aromatic nitrogens is 1. The minimum absolute atomic E-state index is 0.0910. The van der Waals surface area contributed by atoms with Crippen molar-refractivity contribution in [1.82, 2.24) is 10.3 Å². The van der Waals surface area contributed by atoms with Gasteiger partial charge in [-0.2, -0.15) is 0 Å². The first kappa shape index (κ1) is 16.9. The smallest absolute Gasteiger partial charge is 0.404 e. The molecule has 0 saturated heterocycles. The number of hydrogen-bond acceptors (Lipinski definition) is 5. The number of hydrogen-bond donors (Lipinski definition) is 3. The maximum Gasteiger partial charge on any atom is 0.404 e. The Morgan fingerprint density at radius 2 is 2.16 bits per heavy atom. The molecule has 0 aliphatic carbocycles. The van der Waals surface area contributed by atoms with Crippen molar-refractivity contribution in [2.75, 3.05) is 7.11 Å². The van der Waals surface area contributed by atoms with Gasteiger partial charge < -0.3 is 24.7 Å². The molecule has 0 aliphatic heterocycles. The highest BCUT2D eigenvalue weighted by Gasteiger charge is 2.13. The normalized spacial score (nSPS) is 11.0. The summed E-state index contributed by atoms with van der Waals surface area (Å²) in [6.07, 6.45) is 0.511. The van der Waals surface area contributed by atoms with E-state index < -0.39 is 6.09 Å². The summed E-state index contributed by atoms with van der Waals surface area (Å²) in [4.78, 5) is 14.8. The largest absolute Gasteiger partial charge is 0.465 e. The molecule has 7 nitrogen and oxygen atoms in total. The summed E-state index contributed by atoms with van der Waals surface area (Å²) >= 11 is 0. The number of benzene rings is 1. The van der Waals surface area contributed by atoms with Gasteiger partial charge in [-0.15, -0.1) is 0 Å².